The van der Waals surface area contributed by atoms with Gasteiger partial charge in [-0.05, 0) is 46.5 Å². The molecular formula is C13H24N2O2. The first-order valence-electron chi connectivity index (χ1n) is 6.67. The number of nitrogens with one attached hydrogen (secondary N) is 2. The highest BCUT2D eigenvalue weighted by molar-refractivity contribution is 5.68. The Hall–Kier alpha value is -0.770. The molecule has 0 aromatic carbocycles. The average molecular weight is 240 g/mol. The third-order valence-electron chi connectivity index (χ3n) is 3.42. The van der Waals surface area contributed by atoms with Crippen LogP contribution in [0.3, 0.4) is 0 Å². The number of fused-ring (bicyclic) bond motifs is 2. The summed E-state index contributed by atoms with van der Waals surface area (Å²) >= 11 is 0. The lowest BCUT2D eigenvalue weighted by Crippen LogP contribution is -2.52. The van der Waals surface area contributed by atoms with Crippen LogP contribution in [0.25, 0.3) is 0 Å². The van der Waals surface area contributed by atoms with Gasteiger partial charge in [0, 0.05) is 17.6 Å². The molecule has 4 heteroatoms. The van der Waals surface area contributed by atoms with E-state index in [4.69, 9.17) is 4.74 Å². The molecule has 2 bridgehead atoms. The number of piperidine rings is 2. The van der Waals surface area contributed by atoms with Crippen molar-refractivity contribution in [2.24, 2.45) is 0 Å². The van der Waals surface area contributed by atoms with Crippen molar-refractivity contribution in [2.75, 3.05) is 0 Å². The Kier molecular flexibility index (Phi) is 3.61. The maximum Gasteiger partial charge on any atom is 0.407 e. The first-order chi connectivity index (χ1) is 7.92. The molecule has 0 aromatic rings. The Morgan fingerprint density at radius 3 is 2.35 bits per heavy atom. The van der Waals surface area contributed by atoms with Gasteiger partial charge in [-0.25, -0.2) is 4.79 Å². The maximum absolute atomic E-state index is 11.7. The van der Waals surface area contributed by atoms with Gasteiger partial charge in [0.05, 0.1) is 0 Å². The average Bonchev–Trinajstić information content (AvgIpc) is 2.13. The first-order valence-corrected chi connectivity index (χ1v) is 6.67. The Balaban J connectivity index is 1.81. The van der Waals surface area contributed by atoms with Crippen molar-refractivity contribution in [3.63, 3.8) is 0 Å². The minimum Gasteiger partial charge on any atom is -0.446 e. The zero-order valence-corrected chi connectivity index (χ0v) is 11.1. The smallest absolute Gasteiger partial charge is 0.407 e. The largest absolute Gasteiger partial charge is 0.446 e. The van der Waals surface area contributed by atoms with E-state index in [0.717, 1.165) is 12.8 Å². The van der Waals surface area contributed by atoms with Crippen molar-refractivity contribution in [1.82, 2.24) is 10.6 Å². The molecule has 2 aliphatic rings. The molecule has 1 amide bonds. The van der Waals surface area contributed by atoms with Crippen molar-refractivity contribution < 1.29 is 9.53 Å². The number of rotatable bonds is 1. The Labute approximate surface area is 103 Å². The van der Waals surface area contributed by atoms with Crippen molar-refractivity contribution in [3.8, 4) is 0 Å². The third-order valence-corrected chi connectivity index (χ3v) is 3.42. The van der Waals surface area contributed by atoms with Gasteiger partial charge < -0.3 is 15.4 Å². The zero-order valence-electron chi connectivity index (χ0n) is 11.1. The fraction of sp³-hybridized carbons (Fsp3) is 0.923. The van der Waals surface area contributed by atoms with E-state index in [0.29, 0.717) is 12.1 Å². The first kappa shape index (κ1) is 12.7. The highest BCUT2D eigenvalue weighted by atomic mass is 16.6. The normalized spacial score (nSPS) is 33.0. The van der Waals surface area contributed by atoms with E-state index in [1.807, 2.05) is 20.8 Å². The molecule has 17 heavy (non-hydrogen) atoms. The molecule has 0 radical (unpaired) electrons. The van der Waals surface area contributed by atoms with Crippen molar-refractivity contribution in [2.45, 2.75) is 76.6 Å². The summed E-state index contributed by atoms with van der Waals surface area (Å²) < 4.78 is 5.51. The molecule has 0 spiro atoms. The second kappa shape index (κ2) is 4.84. The van der Waals surface area contributed by atoms with Gasteiger partial charge in [-0.3, -0.25) is 0 Å². The summed E-state index contributed by atoms with van der Waals surface area (Å²) in [6.07, 6.45) is 5.50. The minimum atomic E-state index is -0.275. The van der Waals surface area contributed by atoms with E-state index in [9.17, 15) is 4.79 Å². The monoisotopic (exact) mass is 240 g/mol. The maximum atomic E-state index is 11.7. The van der Waals surface area contributed by atoms with Crippen LogP contribution in [0.5, 0.6) is 0 Å². The van der Waals surface area contributed by atoms with Crippen LogP contribution in [0.15, 0.2) is 0 Å². The summed E-state index contributed by atoms with van der Waals surface area (Å²) in [4.78, 5) is 11.7. The Morgan fingerprint density at radius 2 is 1.82 bits per heavy atom. The van der Waals surface area contributed by atoms with E-state index in [1.165, 1.54) is 19.3 Å². The van der Waals surface area contributed by atoms with Crippen LogP contribution in [-0.2, 0) is 4.74 Å². The molecular weight excluding hydrogens is 216 g/mol. The Bertz CT molecular complexity index is 274. The van der Waals surface area contributed by atoms with Crippen LogP contribution < -0.4 is 10.6 Å². The molecule has 2 aliphatic heterocycles. The predicted molar refractivity (Wildman–Crippen MR) is 67.0 cm³/mol. The van der Waals surface area contributed by atoms with Crippen LogP contribution in [0.1, 0.15) is 52.9 Å². The fourth-order valence-electron chi connectivity index (χ4n) is 2.80. The molecule has 0 aliphatic carbocycles. The van der Waals surface area contributed by atoms with Crippen LogP contribution in [0, 0.1) is 0 Å². The summed E-state index contributed by atoms with van der Waals surface area (Å²) in [6, 6.07) is 1.10. The van der Waals surface area contributed by atoms with Gasteiger partial charge in [-0.1, -0.05) is 6.42 Å². The van der Waals surface area contributed by atoms with Gasteiger partial charge in [0.25, 0.3) is 0 Å². The van der Waals surface area contributed by atoms with Gasteiger partial charge in [-0.15, -0.1) is 0 Å². The molecule has 2 saturated heterocycles. The van der Waals surface area contributed by atoms with E-state index >= 15 is 0 Å². The molecule has 2 N–H and O–H groups in total. The predicted octanol–water partition coefficient (Wildman–Crippen LogP) is 2.18. The minimum absolute atomic E-state index is 0.0916. The lowest BCUT2D eigenvalue weighted by atomic mass is 9.85. The lowest BCUT2D eigenvalue weighted by molar-refractivity contribution is 0.0407. The number of hydrogen-bond acceptors (Lipinski definition) is 3. The van der Waals surface area contributed by atoms with Crippen molar-refractivity contribution in [3.05, 3.63) is 0 Å². The fourth-order valence-corrected chi connectivity index (χ4v) is 2.80. The van der Waals surface area contributed by atoms with Gasteiger partial charge in [0.1, 0.15) is 6.10 Å². The van der Waals surface area contributed by atoms with Crippen LogP contribution in [-0.4, -0.2) is 29.8 Å². The quantitative estimate of drug-likeness (QED) is 0.738. The molecule has 2 heterocycles. The summed E-state index contributed by atoms with van der Waals surface area (Å²) in [5.74, 6) is 0. The number of carbonyl (C=O) groups excluding carboxylic acids is 1. The SMILES string of the molecule is CC(C)(C)NC(=O)OC1CC2CCCC(C1)N2. The topological polar surface area (TPSA) is 50.4 Å². The zero-order chi connectivity index (χ0) is 12.5. The van der Waals surface area contributed by atoms with E-state index in [2.05, 4.69) is 10.6 Å². The number of hydrogen-bond donors (Lipinski definition) is 2. The molecule has 4 nitrogen and oxygen atoms in total. The molecule has 2 rings (SSSR count). The second-order valence-electron chi connectivity index (χ2n) is 6.37. The van der Waals surface area contributed by atoms with Crippen molar-refractivity contribution in [1.29, 1.82) is 0 Å². The van der Waals surface area contributed by atoms with Gasteiger partial charge in [0.2, 0.25) is 0 Å². The second-order valence-corrected chi connectivity index (χ2v) is 6.37. The van der Waals surface area contributed by atoms with Gasteiger partial charge >= 0.3 is 6.09 Å². The van der Waals surface area contributed by atoms with Crippen LogP contribution >= 0.6 is 0 Å². The van der Waals surface area contributed by atoms with Crippen LogP contribution in [0.4, 0.5) is 4.79 Å². The molecule has 0 saturated carbocycles. The summed E-state index contributed by atoms with van der Waals surface area (Å²) in [7, 11) is 0. The van der Waals surface area contributed by atoms with Crippen LogP contribution in [0.2, 0.25) is 0 Å². The molecule has 2 unspecified atom stereocenters. The third kappa shape index (κ3) is 3.87. The molecule has 0 aromatic heterocycles. The number of alkyl carbamates (subject to hydrolysis) is 1. The van der Waals surface area contributed by atoms with Gasteiger partial charge in [0.15, 0.2) is 0 Å². The number of amides is 1. The summed E-state index contributed by atoms with van der Waals surface area (Å²) in [5.41, 5.74) is -0.222. The molecule has 2 atom stereocenters. The van der Waals surface area contributed by atoms with E-state index in [-0.39, 0.29) is 17.7 Å². The number of carbonyl (C=O) groups is 1. The highest BCUT2D eigenvalue weighted by Gasteiger charge is 2.33. The molecule has 2 fully saturated rings. The highest BCUT2D eigenvalue weighted by Crippen LogP contribution is 2.27. The van der Waals surface area contributed by atoms with Gasteiger partial charge in [-0.2, -0.15) is 0 Å². The van der Waals surface area contributed by atoms with E-state index in [1.54, 1.807) is 0 Å². The Morgan fingerprint density at radius 1 is 1.24 bits per heavy atom. The molecule has 98 valence electrons. The summed E-state index contributed by atoms with van der Waals surface area (Å²) in [6.45, 7) is 5.89. The van der Waals surface area contributed by atoms with Crippen molar-refractivity contribution >= 4 is 6.09 Å². The lowest BCUT2D eigenvalue weighted by Gasteiger charge is -2.40. The van der Waals surface area contributed by atoms with E-state index < -0.39 is 0 Å². The standard InChI is InChI=1S/C13H24N2O2/c1-13(2,3)15-12(16)17-11-7-9-5-4-6-10(8-11)14-9/h9-11,14H,4-8H2,1-3H3,(H,15,16). The summed E-state index contributed by atoms with van der Waals surface area (Å²) in [5, 5.41) is 6.44. The number of ether oxygens (including phenoxy) is 1.